The number of hydrogen-bond acceptors (Lipinski definition) is 2. The summed E-state index contributed by atoms with van der Waals surface area (Å²) in [5, 5.41) is 0.518. The molecule has 2 aromatic carbocycles. The summed E-state index contributed by atoms with van der Waals surface area (Å²) in [6.45, 7) is 2.40. The van der Waals surface area contributed by atoms with Gasteiger partial charge in [-0.3, -0.25) is 0 Å². The SMILES string of the molecule is Cc1ccc(Cl)c(OCc2ccc(CN)cc2F)c1. The summed E-state index contributed by atoms with van der Waals surface area (Å²) in [7, 11) is 0. The summed E-state index contributed by atoms with van der Waals surface area (Å²) < 4.78 is 19.3. The van der Waals surface area contributed by atoms with Crippen molar-refractivity contribution in [1.82, 2.24) is 0 Å². The number of benzene rings is 2. The molecule has 0 bridgehead atoms. The summed E-state index contributed by atoms with van der Waals surface area (Å²) in [4.78, 5) is 0. The lowest BCUT2D eigenvalue weighted by Gasteiger charge is -2.10. The quantitative estimate of drug-likeness (QED) is 0.923. The van der Waals surface area contributed by atoms with Crippen molar-refractivity contribution < 1.29 is 9.13 Å². The van der Waals surface area contributed by atoms with Gasteiger partial charge in [-0.05, 0) is 36.2 Å². The molecule has 0 amide bonds. The first-order valence-electron chi connectivity index (χ1n) is 5.96. The van der Waals surface area contributed by atoms with Crippen LogP contribution >= 0.6 is 11.6 Å². The number of nitrogens with two attached hydrogens (primary N) is 1. The maximum Gasteiger partial charge on any atom is 0.138 e. The van der Waals surface area contributed by atoms with E-state index in [1.54, 1.807) is 18.2 Å². The van der Waals surface area contributed by atoms with Crippen LogP contribution in [0.25, 0.3) is 0 Å². The first kappa shape index (κ1) is 13.8. The fraction of sp³-hybridized carbons (Fsp3) is 0.200. The van der Waals surface area contributed by atoms with Gasteiger partial charge in [-0.15, -0.1) is 0 Å². The Kier molecular flexibility index (Phi) is 4.40. The van der Waals surface area contributed by atoms with Gasteiger partial charge in [-0.25, -0.2) is 4.39 Å². The molecule has 2 rings (SSSR count). The van der Waals surface area contributed by atoms with E-state index >= 15 is 0 Å². The van der Waals surface area contributed by atoms with Crippen LogP contribution in [0.2, 0.25) is 5.02 Å². The average molecular weight is 280 g/mol. The van der Waals surface area contributed by atoms with Crippen molar-refractivity contribution in [1.29, 1.82) is 0 Å². The van der Waals surface area contributed by atoms with Crippen LogP contribution in [-0.2, 0) is 13.2 Å². The van der Waals surface area contributed by atoms with Gasteiger partial charge in [-0.2, -0.15) is 0 Å². The Hall–Kier alpha value is -1.58. The molecule has 2 N–H and O–H groups in total. The van der Waals surface area contributed by atoms with Crippen molar-refractivity contribution in [2.24, 2.45) is 5.73 Å². The molecule has 0 heterocycles. The largest absolute Gasteiger partial charge is 0.487 e. The van der Waals surface area contributed by atoms with Crippen molar-refractivity contribution >= 4 is 11.6 Å². The molecule has 0 radical (unpaired) electrons. The predicted molar refractivity (Wildman–Crippen MR) is 74.8 cm³/mol. The van der Waals surface area contributed by atoms with Crippen molar-refractivity contribution in [3.8, 4) is 5.75 Å². The number of rotatable bonds is 4. The van der Waals surface area contributed by atoms with E-state index < -0.39 is 0 Å². The van der Waals surface area contributed by atoms with Gasteiger partial charge in [0.2, 0.25) is 0 Å². The second-order valence-electron chi connectivity index (χ2n) is 4.35. The van der Waals surface area contributed by atoms with E-state index in [1.807, 2.05) is 19.1 Å². The standard InChI is InChI=1S/C15H15ClFNO/c1-10-2-5-13(16)15(6-10)19-9-12-4-3-11(8-18)7-14(12)17/h2-7H,8-9,18H2,1H3. The molecule has 0 atom stereocenters. The molecule has 0 aliphatic carbocycles. The van der Waals surface area contributed by atoms with Gasteiger partial charge in [0.15, 0.2) is 0 Å². The van der Waals surface area contributed by atoms with Crippen LogP contribution in [0.1, 0.15) is 16.7 Å². The highest BCUT2D eigenvalue weighted by molar-refractivity contribution is 6.32. The highest BCUT2D eigenvalue weighted by Gasteiger charge is 2.06. The van der Waals surface area contributed by atoms with Gasteiger partial charge in [0.25, 0.3) is 0 Å². The lowest BCUT2D eigenvalue weighted by atomic mass is 10.1. The Morgan fingerprint density at radius 1 is 1.21 bits per heavy atom. The molecule has 0 aliphatic rings. The van der Waals surface area contributed by atoms with E-state index in [-0.39, 0.29) is 12.4 Å². The Labute approximate surface area is 117 Å². The Balaban J connectivity index is 2.12. The summed E-state index contributed by atoms with van der Waals surface area (Å²) in [6.07, 6.45) is 0. The van der Waals surface area contributed by atoms with Gasteiger partial charge in [0, 0.05) is 12.1 Å². The molecule has 0 saturated carbocycles. The topological polar surface area (TPSA) is 35.2 Å². The van der Waals surface area contributed by atoms with E-state index in [2.05, 4.69) is 0 Å². The monoisotopic (exact) mass is 279 g/mol. The van der Waals surface area contributed by atoms with E-state index in [1.165, 1.54) is 6.07 Å². The average Bonchev–Trinajstić information content (AvgIpc) is 2.40. The predicted octanol–water partition coefficient (Wildman–Crippen LogP) is 3.83. The maximum atomic E-state index is 13.8. The first-order valence-corrected chi connectivity index (χ1v) is 6.34. The van der Waals surface area contributed by atoms with Crippen molar-refractivity contribution in [2.75, 3.05) is 0 Å². The molecule has 4 heteroatoms. The van der Waals surface area contributed by atoms with Gasteiger partial charge in [0.1, 0.15) is 18.2 Å². The van der Waals surface area contributed by atoms with Crippen molar-refractivity contribution in [3.63, 3.8) is 0 Å². The molecule has 0 aromatic heterocycles. The summed E-state index contributed by atoms with van der Waals surface area (Å²) in [6, 6.07) is 10.4. The molecule has 19 heavy (non-hydrogen) atoms. The fourth-order valence-corrected chi connectivity index (χ4v) is 1.88. The van der Waals surface area contributed by atoms with Gasteiger partial charge in [-0.1, -0.05) is 29.8 Å². The number of hydrogen-bond donors (Lipinski definition) is 1. The summed E-state index contributed by atoms with van der Waals surface area (Å²) in [5.41, 5.74) is 7.74. The molecule has 0 aliphatic heterocycles. The number of aryl methyl sites for hydroxylation is 1. The lowest BCUT2D eigenvalue weighted by Crippen LogP contribution is -2.02. The first-order chi connectivity index (χ1) is 9.10. The molecule has 2 nitrogen and oxygen atoms in total. The van der Waals surface area contributed by atoms with Gasteiger partial charge >= 0.3 is 0 Å². The zero-order valence-corrected chi connectivity index (χ0v) is 11.4. The zero-order valence-electron chi connectivity index (χ0n) is 10.6. The normalized spacial score (nSPS) is 10.5. The summed E-state index contributed by atoms with van der Waals surface area (Å²) >= 11 is 6.01. The van der Waals surface area contributed by atoms with Crippen LogP contribution in [0.3, 0.4) is 0 Å². The highest BCUT2D eigenvalue weighted by atomic mass is 35.5. The van der Waals surface area contributed by atoms with Crippen LogP contribution in [-0.4, -0.2) is 0 Å². The molecule has 0 unspecified atom stereocenters. The summed E-state index contributed by atoms with van der Waals surface area (Å²) in [5.74, 6) is 0.246. The van der Waals surface area contributed by atoms with Crippen LogP contribution in [0.5, 0.6) is 5.75 Å². The van der Waals surface area contributed by atoms with E-state index in [0.717, 1.165) is 11.1 Å². The van der Waals surface area contributed by atoms with Crippen LogP contribution in [0.15, 0.2) is 36.4 Å². The minimum Gasteiger partial charge on any atom is -0.487 e. The maximum absolute atomic E-state index is 13.8. The van der Waals surface area contributed by atoms with E-state index in [0.29, 0.717) is 22.9 Å². The zero-order chi connectivity index (χ0) is 13.8. The third-order valence-electron chi connectivity index (χ3n) is 2.82. The van der Waals surface area contributed by atoms with E-state index in [4.69, 9.17) is 22.1 Å². The van der Waals surface area contributed by atoms with Crippen LogP contribution in [0, 0.1) is 12.7 Å². The molecule has 2 aromatic rings. The van der Waals surface area contributed by atoms with Crippen molar-refractivity contribution in [3.05, 3.63) is 63.9 Å². The lowest BCUT2D eigenvalue weighted by molar-refractivity contribution is 0.300. The fourth-order valence-electron chi connectivity index (χ4n) is 1.71. The molecular weight excluding hydrogens is 265 g/mol. The second-order valence-corrected chi connectivity index (χ2v) is 4.76. The molecule has 0 saturated heterocycles. The number of ether oxygens (including phenoxy) is 1. The van der Waals surface area contributed by atoms with Crippen LogP contribution < -0.4 is 10.5 Å². The third kappa shape index (κ3) is 3.46. The highest BCUT2D eigenvalue weighted by Crippen LogP contribution is 2.26. The molecule has 0 fully saturated rings. The number of halogens is 2. The third-order valence-corrected chi connectivity index (χ3v) is 3.14. The Morgan fingerprint density at radius 3 is 2.68 bits per heavy atom. The van der Waals surface area contributed by atoms with Gasteiger partial charge < -0.3 is 10.5 Å². The Morgan fingerprint density at radius 2 is 2.00 bits per heavy atom. The van der Waals surface area contributed by atoms with Crippen molar-refractivity contribution in [2.45, 2.75) is 20.1 Å². The van der Waals surface area contributed by atoms with Crippen LogP contribution in [0.4, 0.5) is 4.39 Å². The smallest absolute Gasteiger partial charge is 0.138 e. The molecule has 0 spiro atoms. The molecule has 100 valence electrons. The minimum absolute atomic E-state index is 0.139. The van der Waals surface area contributed by atoms with Gasteiger partial charge in [0.05, 0.1) is 5.02 Å². The Bertz CT molecular complexity index is 586. The minimum atomic E-state index is -0.313. The van der Waals surface area contributed by atoms with E-state index in [9.17, 15) is 4.39 Å². The molecular formula is C15H15ClFNO. The second kappa shape index (κ2) is 6.04.